The van der Waals surface area contributed by atoms with Crippen LogP contribution in [0, 0.1) is 11.6 Å². The van der Waals surface area contributed by atoms with Gasteiger partial charge >= 0.3 is 0 Å². The second kappa shape index (κ2) is 5.20. The lowest BCUT2D eigenvalue weighted by molar-refractivity contribution is -0.0523. The topological polar surface area (TPSA) is 58.6 Å². The number of nitrogens with one attached hydrogen (secondary N) is 1. The van der Waals surface area contributed by atoms with E-state index in [0.29, 0.717) is 0 Å². The lowest BCUT2D eigenvalue weighted by Gasteiger charge is -2.16. The highest BCUT2D eigenvalue weighted by molar-refractivity contribution is 5.93. The van der Waals surface area contributed by atoms with Crippen LogP contribution in [0.3, 0.4) is 0 Å². The van der Waals surface area contributed by atoms with Crippen LogP contribution in [0.2, 0.25) is 0 Å². The van der Waals surface area contributed by atoms with E-state index in [9.17, 15) is 18.7 Å². The number of rotatable bonds is 4. The Hall–Kier alpha value is -1.53. The summed E-state index contributed by atoms with van der Waals surface area (Å²) in [6.07, 6.45) is 0. The number of amides is 1. The fourth-order valence-electron chi connectivity index (χ4n) is 1.01. The molecular formula is C11H13F2NO3. The summed E-state index contributed by atoms with van der Waals surface area (Å²) in [6, 6.07) is 3.24. The molecule has 17 heavy (non-hydrogen) atoms. The molecule has 0 aromatic heterocycles. The molecule has 94 valence electrons. The van der Waals surface area contributed by atoms with E-state index < -0.39 is 28.7 Å². The van der Waals surface area contributed by atoms with Gasteiger partial charge in [-0.25, -0.2) is 14.3 Å². The van der Waals surface area contributed by atoms with Crippen molar-refractivity contribution in [2.75, 3.05) is 6.61 Å². The predicted octanol–water partition coefficient (Wildman–Crippen LogP) is 1.40. The number of aliphatic hydroxyl groups is 1. The summed E-state index contributed by atoms with van der Waals surface area (Å²) < 4.78 is 26.0. The molecule has 0 saturated carbocycles. The van der Waals surface area contributed by atoms with E-state index in [1.165, 1.54) is 19.9 Å². The molecule has 6 heteroatoms. The highest BCUT2D eigenvalue weighted by atomic mass is 19.2. The normalized spacial score (nSPS) is 11.4. The van der Waals surface area contributed by atoms with Crippen molar-refractivity contribution in [2.24, 2.45) is 0 Å². The average molecular weight is 245 g/mol. The molecule has 0 aliphatic carbocycles. The van der Waals surface area contributed by atoms with Gasteiger partial charge in [0.1, 0.15) is 6.61 Å². The second-order valence-electron chi connectivity index (χ2n) is 4.13. The Morgan fingerprint density at radius 1 is 1.47 bits per heavy atom. The van der Waals surface area contributed by atoms with Crippen LogP contribution >= 0.6 is 0 Å². The predicted molar refractivity (Wildman–Crippen MR) is 56.1 cm³/mol. The minimum absolute atomic E-state index is 0.171. The zero-order valence-electron chi connectivity index (χ0n) is 9.46. The summed E-state index contributed by atoms with van der Waals surface area (Å²) in [5.74, 6) is -3.26. The van der Waals surface area contributed by atoms with Gasteiger partial charge in [-0.2, -0.15) is 0 Å². The lowest BCUT2D eigenvalue weighted by Crippen LogP contribution is -2.33. The first-order valence-electron chi connectivity index (χ1n) is 4.90. The SMILES string of the molecule is CC(C)(O)CONC(=O)c1cccc(F)c1F. The molecule has 0 spiro atoms. The van der Waals surface area contributed by atoms with Gasteiger partial charge in [-0.15, -0.1) is 0 Å². The summed E-state index contributed by atoms with van der Waals surface area (Å²) in [5.41, 5.74) is 0.329. The smallest absolute Gasteiger partial charge is 0.277 e. The van der Waals surface area contributed by atoms with Crippen molar-refractivity contribution in [3.05, 3.63) is 35.4 Å². The zero-order chi connectivity index (χ0) is 13.1. The molecule has 0 aliphatic rings. The molecule has 4 nitrogen and oxygen atoms in total. The fourth-order valence-corrected chi connectivity index (χ4v) is 1.01. The molecule has 1 rings (SSSR count). The van der Waals surface area contributed by atoms with Gasteiger partial charge in [0, 0.05) is 0 Å². The van der Waals surface area contributed by atoms with Crippen LogP contribution in [-0.2, 0) is 4.84 Å². The van der Waals surface area contributed by atoms with Crippen molar-refractivity contribution >= 4 is 5.91 Å². The minimum atomic E-state index is -1.24. The Balaban J connectivity index is 2.62. The van der Waals surface area contributed by atoms with Crippen LogP contribution in [0.5, 0.6) is 0 Å². The van der Waals surface area contributed by atoms with Gasteiger partial charge in [0.05, 0.1) is 11.2 Å². The zero-order valence-corrected chi connectivity index (χ0v) is 9.46. The van der Waals surface area contributed by atoms with Crippen molar-refractivity contribution in [3.8, 4) is 0 Å². The van der Waals surface area contributed by atoms with E-state index in [4.69, 9.17) is 0 Å². The van der Waals surface area contributed by atoms with Crippen LogP contribution in [0.4, 0.5) is 8.78 Å². The highest BCUT2D eigenvalue weighted by Crippen LogP contribution is 2.11. The average Bonchev–Trinajstić information content (AvgIpc) is 2.20. The van der Waals surface area contributed by atoms with E-state index >= 15 is 0 Å². The first-order chi connectivity index (χ1) is 7.81. The van der Waals surface area contributed by atoms with Crippen molar-refractivity contribution < 1.29 is 23.5 Å². The molecule has 1 aromatic rings. The van der Waals surface area contributed by atoms with Crippen molar-refractivity contribution in [1.82, 2.24) is 5.48 Å². The maximum Gasteiger partial charge on any atom is 0.277 e. The molecule has 0 fully saturated rings. The number of hydrogen-bond donors (Lipinski definition) is 2. The number of hydrogen-bond acceptors (Lipinski definition) is 3. The molecule has 0 aliphatic heterocycles. The third-order valence-electron chi connectivity index (χ3n) is 1.79. The molecule has 0 bridgehead atoms. The number of carbonyl (C=O) groups is 1. The highest BCUT2D eigenvalue weighted by Gasteiger charge is 2.17. The Bertz CT molecular complexity index is 416. The molecule has 0 atom stereocenters. The van der Waals surface area contributed by atoms with Gasteiger partial charge in [0.2, 0.25) is 0 Å². The maximum absolute atomic E-state index is 13.2. The van der Waals surface area contributed by atoms with E-state index in [0.717, 1.165) is 12.1 Å². The Morgan fingerprint density at radius 2 is 2.12 bits per heavy atom. The van der Waals surface area contributed by atoms with Gasteiger partial charge in [-0.1, -0.05) is 6.07 Å². The molecule has 0 radical (unpaired) electrons. The summed E-state index contributed by atoms with van der Waals surface area (Å²) in [4.78, 5) is 16.0. The Morgan fingerprint density at radius 3 is 2.71 bits per heavy atom. The maximum atomic E-state index is 13.2. The van der Waals surface area contributed by atoms with Crippen LogP contribution in [0.25, 0.3) is 0 Å². The molecule has 0 saturated heterocycles. The summed E-state index contributed by atoms with van der Waals surface area (Å²) in [6.45, 7) is 2.78. The van der Waals surface area contributed by atoms with E-state index in [1.807, 2.05) is 5.48 Å². The molecule has 0 unspecified atom stereocenters. The van der Waals surface area contributed by atoms with Crippen molar-refractivity contribution in [3.63, 3.8) is 0 Å². The Labute approximate surface area is 97.2 Å². The van der Waals surface area contributed by atoms with Crippen LogP contribution in [0.1, 0.15) is 24.2 Å². The number of hydroxylamine groups is 1. The molecule has 0 heterocycles. The third kappa shape index (κ3) is 4.08. The van der Waals surface area contributed by atoms with Gasteiger partial charge in [0.25, 0.3) is 5.91 Å². The van der Waals surface area contributed by atoms with Gasteiger partial charge in [0.15, 0.2) is 11.6 Å². The van der Waals surface area contributed by atoms with Gasteiger partial charge < -0.3 is 5.11 Å². The van der Waals surface area contributed by atoms with Crippen LogP contribution in [0.15, 0.2) is 18.2 Å². The molecule has 1 amide bonds. The van der Waals surface area contributed by atoms with Crippen molar-refractivity contribution in [1.29, 1.82) is 0 Å². The van der Waals surface area contributed by atoms with Crippen LogP contribution in [-0.4, -0.2) is 23.2 Å². The quantitative estimate of drug-likeness (QED) is 0.788. The monoisotopic (exact) mass is 245 g/mol. The number of carbonyl (C=O) groups excluding carboxylic acids is 1. The van der Waals surface area contributed by atoms with Gasteiger partial charge in [-0.05, 0) is 26.0 Å². The summed E-state index contributed by atoms with van der Waals surface area (Å²) >= 11 is 0. The minimum Gasteiger partial charge on any atom is -0.388 e. The van der Waals surface area contributed by atoms with Crippen molar-refractivity contribution in [2.45, 2.75) is 19.4 Å². The van der Waals surface area contributed by atoms with Crippen LogP contribution < -0.4 is 5.48 Å². The first-order valence-corrected chi connectivity index (χ1v) is 4.90. The summed E-state index contributed by atoms with van der Waals surface area (Å²) in [5, 5.41) is 9.29. The fraction of sp³-hybridized carbons (Fsp3) is 0.364. The first kappa shape index (κ1) is 13.5. The number of benzene rings is 1. The molecule has 1 aromatic carbocycles. The molecule has 2 N–H and O–H groups in total. The van der Waals surface area contributed by atoms with E-state index in [1.54, 1.807) is 0 Å². The summed E-state index contributed by atoms with van der Waals surface area (Å²) in [7, 11) is 0. The third-order valence-corrected chi connectivity index (χ3v) is 1.79. The Kier molecular flexibility index (Phi) is 4.14. The van der Waals surface area contributed by atoms with E-state index in [2.05, 4.69) is 4.84 Å². The largest absolute Gasteiger partial charge is 0.388 e. The standard InChI is InChI=1S/C11H13F2NO3/c1-11(2,16)6-17-14-10(15)7-4-3-5-8(12)9(7)13/h3-5,16H,6H2,1-2H3,(H,14,15). The second-order valence-corrected chi connectivity index (χ2v) is 4.13. The number of halogens is 2. The van der Waals surface area contributed by atoms with E-state index in [-0.39, 0.29) is 6.61 Å². The molecular weight excluding hydrogens is 232 g/mol. The lowest BCUT2D eigenvalue weighted by atomic mass is 10.2. The van der Waals surface area contributed by atoms with Gasteiger partial charge in [-0.3, -0.25) is 9.63 Å².